The molecule has 1 aliphatic rings. The minimum Gasteiger partial charge on any atom is -0.310 e. The van der Waals surface area contributed by atoms with Gasteiger partial charge in [0, 0.05) is 22.2 Å². The Kier molecular flexibility index (Phi) is 5.19. The Balaban J connectivity index is 1.49. The van der Waals surface area contributed by atoms with Crippen LogP contribution in [0.5, 0.6) is 0 Å². The topological polar surface area (TPSA) is 3.24 Å². The summed E-state index contributed by atoms with van der Waals surface area (Å²) in [5.74, 6) is 0. The molecule has 0 aromatic heterocycles. The van der Waals surface area contributed by atoms with Gasteiger partial charge in [0.2, 0.25) is 0 Å². The molecule has 182 valence electrons. The Bertz CT molecular complexity index is 1780. The summed E-state index contributed by atoms with van der Waals surface area (Å²) >= 11 is 0. The van der Waals surface area contributed by atoms with Crippen LogP contribution in [0.4, 0.5) is 17.1 Å². The van der Waals surface area contributed by atoms with E-state index < -0.39 is 0 Å². The number of fused-ring (bicyclic) bond motifs is 4. The molecule has 0 bridgehead atoms. The molecule has 1 aliphatic carbocycles. The van der Waals surface area contributed by atoms with Gasteiger partial charge in [-0.2, -0.15) is 0 Å². The van der Waals surface area contributed by atoms with E-state index >= 15 is 0 Å². The maximum atomic E-state index is 2.41. The highest BCUT2D eigenvalue weighted by molar-refractivity contribution is 6.00. The number of hydrogen-bond donors (Lipinski definition) is 0. The molecule has 0 fully saturated rings. The van der Waals surface area contributed by atoms with Gasteiger partial charge in [0.05, 0.1) is 5.69 Å². The van der Waals surface area contributed by atoms with Crippen LogP contribution < -0.4 is 4.90 Å². The molecule has 38 heavy (non-hydrogen) atoms. The SMILES string of the molecule is CC1(C)c2ccc(N(c3ccccc3)c3cccc4ccccc34)cc2-c2c(-c3ccccc3)cccc21. The van der Waals surface area contributed by atoms with Crippen molar-refractivity contribution in [1.29, 1.82) is 0 Å². The van der Waals surface area contributed by atoms with Crippen molar-refractivity contribution in [2.75, 3.05) is 4.90 Å². The van der Waals surface area contributed by atoms with E-state index in [2.05, 4.69) is 158 Å². The van der Waals surface area contributed by atoms with Gasteiger partial charge in [-0.25, -0.2) is 0 Å². The molecule has 0 saturated carbocycles. The molecule has 0 unspecified atom stereocenters. The van der Waals surface area contributed by atoms with E-state index in [-0.39, 0.29) is 5.41 Å². The van der Waals surface area contributed by atoms with Crippen LogP contribution in [-0.4, -0.2) is 0 Å². The molecule has 1 heteroatoms. The Hall–Kier alpha value is -4.62. The first-order valence-electron chi connectivity index (χ1n) is 13.3. The number of benzene rings is 6. The molecule has 0 spiro atoms. The van der Waals surface area contributed by atoms with Crippen LogP contribution in [0.15, 0.2) is 140 Å². The summed E-state index contributed by atoms with van der Waals surface area (Å²) < 4.78 is 0. The first-order valence-corrected chi connectivity index (χ1v) is 13.3. The molecule has 6 aromatic rings. The molecule has 0 radical (unpaired) electrons. The van der Waals surface area contributed by atoms with E-state index in [9.17, 15) is 0 Å². The Labute approximate surface area is 224 Å². The van der Waals surface area contributed by atoms with Crippen molar-refractivity contribution in [3.8, 4) is 22.3 Å². The summed E-state index contributed by atoms with van der Waals surface area (Å²) in [6.07, 6.45) is 0. The van der Waals surface area contributed by atoms with Crippen molar-refractivity contribution >= 4 is 27.8 Å². The van der Waals surface area contributed by atoms with Gasteiger partial charge in [-0.3, -0.25) is 0 Å². The lowest BCUT2D eigenvalue weighted by Crippen LogP contribution is -2.15. The fraction of sp³-hybridized carbons (Fsp3) is 0.0811. The molecule has 0 amide bonds. The largest absolute Gasteiger partial charge is 0.310 e. The van der Waals surface area contributed by atoms with Gasteiger partial charge in [0.15, 0.2) is 0 Å². The quantitative estimate of drug-likeness (QED) is 0.239. The molecule has 0 heterocycles. The molecule has 0 atom stereocenters. The van der Waals surface area contributed by atoms with Gasteiger partial charge in [-0.05, 0) is 69.1 Å². The number of para-hydroxylation sites is 1. The average Bonchev–Trinajstić information content (AvgIpc) is 3.20. The molecular formula is C37H29N. The minimum atomic E-state index is -0.0645. The van der Waals surface area contributed by atoms with Crippen molar-refractivity contribution in [2.24, 2.45) is 0 Å². The van der Waals surface area contributed by atoms with Crippen LogP contribution in [0.25, 0.3) is 33.0 Å². The highest BCUT2D eigenvalue weighted by atomic mass is 15.1. The van der Waals surface area contributed by atoms with Crippen molar-refractivity contribution in [2.45, 2.75) is 19.3 Å². The van der Waals surface area contributed by atoms with Crippen LogP contribution in [0, 0.1) is 0 Å². The highest BCUT2D eigenvalue weighted by Gasteiger charge is 2.37. The summed E-state index contributed by atoms with van der Waals surface area (Å²) in [7, 11) is 0. The van der Waals surface area contributed by atoms with Gasteiger partial charge in [-0.15, -0.1) is 0 Å². The van der Waals surface area contributed by atoms with Crippen LogP contribution >= 0.6 is 0 Å². The van der Waals surface area contributed by atoms with E-state index in [1.165, 1.54) is 49.8 Å². The van der Waals surface area contributed by atoms with Crippen LogP contribution in [-0.2, 0) is 5.41 Å². The van der Waals surface area contributed by atoms with E-state index in [1.54, 1.807) is 0 Å². The molecule has 6 aromatic carbocycles. The number of rotatable bonds is 4. The fourth-order valence-corrected chi connectivity index (χ4v) is 6.20. The molecule has 7 rings (SSSR count). The summed E-state index contributed by atoms with van der Waals surface area (Å²) in [6.45, 7) is 4.71. The Morgan fingerprint density at radius 2 is 1.18 bits per heavy atom. The summed E-state index contributed by atoms with van der Waals surface area (Å²) in [6, 6.07) is 50.6. The summed E-state index contributed by atoms with van der Waals surface area (Å²) in [5, 5.41) is 2.48. The molecule has 0 aliphatic heterocycles. The second-order valence-electron chi connectivity index (χ2n) is 10.6. The molecule has 1 nitrogen and oxygen atoms in total. The van der Waals surface area contributed by atoms with Crippen molar-refractivity contribution in [1.82, 2.24) is 0 Å². The lowest BCUT2D eigenvalue weighted by molar-refractivity contribution is 0.660. The van der Waals surface area contributed by atoms with Gasteiger partial charge in [-0.1, -0.05) is 123 Å². The van der Waals surface area contributed by atoms with Crippen molar-refractivity contribution < 1.29 is 0 Å². The lowest BCUT2D eigenvalue weighted by atomic mass is 9.82. The number of nitrogens with zero attached hydrogens (tertiary/aromatic N) is 1. The lowest BCUT2D eigenvalue weighted by Gasteiger charge is -2.28. The summed E-state index contributed by atoms with van der Waals surface area (Å²) in [5.41, 5.74) is 11.4. The number of hydrogen-bond acceptors (Lipinski definition) is 1. The first kappa shape index (κ1) is 22.6. The zero-order valence-corrected chi connectivity index (χ0v) is 21.7. The van der Waals surface area contributed by atoms with Crippen LogP contribution in [0.2, 0.25) is 0 Å². The molecule has 0 N–H and O–H groups in total. The molecule has 0 saturated heterocycles. The zero-order chi connectivity index (χ0) is 25.7. The van der Waals surface area contributed by atoms with E-state index in [4.69, 9.17) is 0 Å². The predicted octanol–water partition coefficient (Wildman–Crippen LogP) is 10.3. The Morgan fingerprint density at radius 1 is 0.500 bits per heavy atom. The summed E-state index contributed by atoms with van der Waals surface area (Å²) in [4.78, 5) is 2.40. The fourth-order valence-electron chi connectivity index (χ4n) is 6.20. The second-order valence-corrected chi connectivity index (χ2v) is 10.6. The van der Waals surface area contributed by atoms with Crippen molar-refractivity contribution in [3.05, 3.63) is 151 Å². The van der Waals surface area contributed by atoms with E-state index in [1.807, 2.05) is 0 Å². The first-order chi connectivity index (χ1) is 18.6. The maximum absolute atomic E-state index is 2.41. The smallest absolute Gasteiger partial charge is 0.0540 e. The van der Waals surface area contributed by atoms with Gasteiger partial charge in [0.25, 0.3) is 0 Å². The Morgan fingerprint density at radius 3 is 2.00 bits per heavy atom. The highest BCUT2D eigenvalue weighted by Crippen LogP contribution is 2.53. The normalized spacial score (nSPS) is 13.2. The average molecular weight is 488 g/mol. The van der Waals surface area contributed by atoms with Crippen LogP contribution in [0.3, 0.4) is 0 Å². The third-order valence-corrected chi connectivity index (χ3v) is 8.05. The number of anilines is 3. The predicted molar refractivity (Wildman–Crippen MR) is 162 cm³/mol. The minimum absolute atomic E-state index is 0.0645. The van der Waals surface area contributed by atoms with Crippen molar-refractivity contribution in [3.63, 3.8) is 0 Å². The second kappa shape index (κ2) is 8.75. The monoisotopic (exact) mass is 487 g/mol. The van der Waals surface area contributed by atoms with E-state index in [0.29, 0.717) is 0 Å². The third kappa shape index (κ3) is 3.47. The van der Waals surface area contributed by atoms with Gasteiger partial charge in [0.1, 0.15) is 0 Å². The van der Waals surface area contributed by atoms with Gasteiger partial charge < -0.3 is 4.90 Å². The third-order valence-electron chi connectivity index (χ3n) is 8.05. The standard InChI is InChI=1S/C37H29N/c1-37(2)33-24-23-29(25-32(33)36-31(20-12-21-34(36)37)27-13-5-3-6-14-27)38(28-17-7-4-8-18-28)35-22-11-16-26-15-9-10-19-30(26)35/h3-25H,1-2H3. The van der Waals surface area contributed by atoms with E-state index in [0.717, 1.165) is 11.4 Å². The zero-order valence-electron chi connectivity index (χ0n) is 21.7. The molecular weight excluding hydrogens is 458 g/mol. The van der Waals surface area contributed by atoms with Crippen LogP contribution in [0.1, 0.15) is 25.0 Å². The van der Waals surface area contributed by atoms with Gasteiger partial charge >= 0.3 is 0 Å². The maximum Gasteiger partial charge on any atom is 0.0540 e.